The van der Waals surface area contributed by atoms with Gasteiger partial charge >= 0.3 is 6.18 Å². The molecule has 68 valence electrons. The summed E-state index contributed by atoms with van der Waals surface area (Å²) in [5.74, 6) is -1.14. The number of hydrogen-bond acceptors (Lipinski definition) is 1. The van der Waals surface area contributed by atoms with Crippen molar-refractivity contribution in [3.63, 3.8) is 0 Å². The Hall–Kier alpha value is 0.0400. The second-order valence-corrected chi connectivity index (χ2v) is 2.81. The standard InChI is InChI=1S/C6H10F3N.ClH/c7-6(8,9)4-1-2-5(10)3-4;/h4-5H,1-3,10H2;1H/t4-,5+;/m1./s1. The van der Waals surface area contributed by atoms with Crippen molar-refractivity contribution in [1.82, 2.24) is 0 Å². The van der Waals surface area contributed by atoms with Crippen molar-refractivity contribution in [2.75, 3.05) is 0 Å². The fourth-order valence-electron chi connectivity index (χ4n) is 1.31. The molecule has 2 atom stereocenters. The molecule has 1 aliphatic carbocycles. The number of nitrogens with two attached hydrogens (primary N) is 1. The highest BCUT2D eigenvalue weighted by Gasteiger charge is 2.42. The summed E-state index contributed by atoms with van der Waals surface area (Å²) in [4.78, 5) is 0. The first-order valence-corrected chi connectivity index (χ1v) is 3.32. The zero-order chi connectivity index (χ0) is 7.78. The summed E-state index contributed by atoms with van der Waals surface area (Å²) in [5, 5.41) is 0. The van der Waals surface area contributed by atoms with E-state index >= 15 is 0 Å². The average molecular weight is 190 g/mol. The van der Waals surface area contributed by atoms with Crippen molar-refractivity contribution in [3.8, 4) is 0 Å². The van der Waals surface area contributed by atoms with E-state index in [0.717, 1.165) is 0 Å². The van der Waals surface area contributed by atoms with E-state index in [2.05, 4.69) is 0 Å². The van der Waals surface area contributed by atoms with Gasteiger partial charge in [-0.05, 0) is 19.3 Å². The summed E-state index contributed by atoms with van der Waals surface area (Å²) >= 11 is 0. The van der Waals surface area contributed by atoms with Crippen LogP contribution in [-0.2, 0) is 0 Å². The lowest BCUT2D eigenvalue weighted by atomic mass is 10.1. The third-order valence-electron chi connectivity index (χ3n) is 1.94. The van der Waals surface area contributed by atoms with Crippen molar-refractivity contribution in [3.05, 3.63) is 0 Å². The van der Waals surface area contributed by atoms with Gasteiger partial charge in [-0.3, -0.25) is 0 Å². The maximum atomic E-state index is 11.9. The number of halogens is 4. The van der Waals surface area contributed by atoms with Gasteiger partial charge in [-0.15, -0.1) is 12.4 Å². The molecule has 11 heavy (non-hydrogen) atoms. The van der Waals surface area contributed by atoms with E-state index in [1.807, 2.05) is 0 Å². The molecule has 0 saturated heterocycles. The molecule has 1 fully saturated rings. The summed E-state index contributed by atoms with van der Waals surface area (Å²) in [5.41, 5.74) is 5.32. The maximum absolute atomic E-state index is 11.9. The maximum Gasteiger partial charge on any atom is 0.391 e. The van der Waals surface area contributed by atoms with E-state index in [-0.39, 0.29) is 31.3 Å². The molecule has 0 amide bonds. The minimum Gasteiger partial charge on any atom is -0.328 e. The van der Waals surface area contributed by atoms with Gasteiger partial charge < -0.3 is 5.73 Å². The smallest absolute Gasteiger partial charge is 0.328 e. The first-order chi connectivity index (χ1) is 4.50. The number of hydrogen-bond donors (Lipinski definition) is 1. The second-order valence-electron chi connectivity index (χ2n) is 2.81. The predicted molar refractivity (Wildman–Crippen MR) is 38.6 cm³/mol. The Labute approximate surface area is 69.5 Å². The largest absolute Gasteiger partial charge is 0.391 e. The van der Waals surface area contributed by atoms with Crippen molar-refractivity contribution in [2.45, 2.75) is 31.5 Å². The number of rotatable bonds is 0. The van der Waals surface area contributed by atoms with E-state index in [4.69, 9.17) is 5.73 Å². The molecule has 1 nitrogen and oxygen atoms in total. The molecule has 0 aromatic heterocycles. The van der Waals surface area contributed by atoms with Crippen LogP contribution in [0.3, 0.4) is 0 Å². The monoisotopic (exact) mass is 189 g/mol. The zero-order valence-corrected chi connectivity index (χ0v) is 6.71. The normalized spacial score (nSPS) is 31.6. The quantitative estimate of drug-likeness (QED) is 0.621. The minimum atomic E-state index is -4.02. The lowest BCUT2D eigenvalue weighted by Gasteiger charge is -2.12. The SMILES string of the molecule is Cl.N[C@H]1CC[C@@H](C(F)(F)F)C1. The molecule has 0 aliphatic heterocycles. The third kappa shape index (κ3) is 2.87. The minimum absolute atomic E-state index is 0. The number of alkyl halides is 3. The van der Waals surface area contributed by atoms with Crippen molar-refractivity contribution in [2.24, 2.45) is 11.7 Å². The lowest BCUT2D eigenvalue weighted by molar-refractivity contribution is -0.172. The molecule has 0 spiro atoms. The third-order valence-corrected chi connectivity index (χ3v) is 1.94. The molecule has 0 radical (unpaired) electrons. The molecular weight excluding hydrogens is 179 g/mol. The van der Waals surface area contributed by atoms with Gasteiger partial charge in [0.05, 0.1) is 5.92 Å². The fourth-order valence-corrected chi connectivity index (χ4v) is 1.31. The average Bonchev–Trinajstić information content (AvgIpc) is 2.11. The second kappa shape index (κ2) is 3.63. The van der Waals surface area contributed by atoms with E-state index in [9.17, 15) is 13.2 Å². The molecule has 1 aliphatic rings. The highest BCUT2D eigenvalue weighted by molar-refractivity contribution is 5.85. The topological polar surface area (TPSA) is 26.0 Å². The first kappa shape index (κ1) is 11.0. The van der Waals surface area contributed by atoms with E-state index in [0.29, 0.717) is 6.42 Å². The predicted octanol–water partition coefficient (Wildman–Crippen LogP) is 2.10. The van der Waals surface area contributed by atoms with Crippen molar-refractivity contribution in [1.29, 1.82) is 0 Å². The van der Waals surface area contributed by atoms with Gasteiger partial charge in [-0.25, -0.2) is 0 Å². The molecule has 1 saturated carbocycles. The Bertz CT molecular complexity index is 125. The van der Waals surface area contributed by atoms with Gasteiger partial charge in [0.1, 0.15) is 0 Å². The highest BCUT2D eigenvalue weighted by Crippen LogP contribution is 2.37. The molecule has 0 heterocycles. The van der Waals surface area contributed by atoms with Crippen LogP contribution in [0.5, 0.6) is 0 Å². The molecular formula is C6H11ClF3N. The van der Waals surface area contributed by atoms with Crippen LogP contribution in [0.4, 0.5) is 13.2 Å². The van der Waals surface area contributed by atoms with Crippen molar-refractivity contribution >= 4 is 12.4 Å². The zero-order valence-electron chi connectivity index (χ0n) is 5.90. The van der Waals surface area contributed by atoms with Crippen LogP contribution in [0.1, 0.15) is 19.3 Å². The van der Waals surface area contributed by atoms with Gasteiger partial charge in [0.25, 0.3) is 0 Å². The van der Waals surface area contributed by atoms with E-state index in [1.165, 1.54) is 0 Å². The highest BCUT2D eigenvalue weighted by atomic mass is 35.5. The van der Waals surface area contributed by atoms with Gasteiger partial charge in [0.15, 0.2) is 0 Å². The van der Waals surface area contributed by atoms with E-state index < -0.39 is 12.1 Å². The Morgan fingerprint density at radius 1 is 1.18 bits per heavy atom. The van der Waals surface area contributed by atoms with Gasteiger partial charge in [-0.1, -0.05) is 0 Å². The molecule has 0 aromatic carbocycles. The van der Waals surface area contributed by atoms with Crippen LogP contribution < -0.4 is 5.73 Å². The van der Waals surface area contributed by atoms with Crippen LogP contribution in [-0.4, -0.2) is 12.2 Å². The molecule has 2 N–H and O–H groups in total. The molecule has 5 heteroatoms. The van der Waals surface area contributed by atoms with Crippen LogP contribution in [0.15, 0.2) is 0 Å². The van der Waals surface area contributed by atoms with Gasteiger partial charge in [-0.2, -0.15) is 13.2 Å². The van der Waals surface area contributed by atoms with Crippen LogP contribution in [0, 0.1) is 5.92 Å². The Balaban J connectivity index is 0.000001000. The summed E-state index contributed by atoms with van der Waals surface area (Å²) in [6.07, 6.45) is -3.17. The molecule has 0 unspecified atom stereocenters. The fraction of sp³-hybridized carbons (Fsp3) is 1.00. The van der Waals surface area contributed by atoms with Gasteiger partial charge in [0, 0.05) is 6.04 Å². The Morgan fingerprint density at radius 2 is 1.73 bits per heavy atom. The summed E-state index contributed by atoms with van der Waals surface area (Å²) in [6.45, 7) is 0. The summed E-state index contributed by atoms with van der Waals surface area (Å²) < 4.78 is 35.6. The summed E-state index contributed by atoms with van der Waals surface area (Å²) in [7, 11) is 0. The Kier molecular flexibility index (Phi) is 3.64. The molecule has 0 aromatic rings. The van der Waals surface area contributed by atoms with Crippen LogP contribution in [0.2, 0.25) is 0 Å². The van der Waals surface area contributed by atoms with E-state index in [1.54, 1.807) is 0 Å². The van der Waals surface area contributed by atoms with Crippen LogP contribution in [0.25, 0.3) is 0 Å². The Morgan fingerprint density at radius 3 is 1.91 bits per heavy atom. The molecule has 0 bridgehead atoms. The van der Waals surface area contributed by atoms with Crippen LogP contribution >= 0.6 is 12.4 Å². The summed E-state index contributed by atoms with van der Waals surface area (Å²) in [6, 6.07) is -0.230. The molecule has 1 rings (SSSR count). The lowest BCUT2D eigenvalue weighted by Crippen LogP contribution is -2.22. The van der Waals surface area contributed by atoms with Crippen molar-refractivity contribution < 1.29 is 13.2 Å². The van der Waals surface area contributed by atoms with Gasteiger partial charge in [0.2, 0.25) is 0 Å². The first-order valence-electron chi connectivity index (χ1n) is 3.32.